The molecule has 178 valence electrons. The molecule has 0 aliphatic carbocycles. The zero-order valence-corrected chi connectivity index (χ0v) is 19.4. The highest BCUT2D eigenvalue weighted by molar-refractivity contribution is 5.89. The highest BCUT2D eigenvalue weighted by atomic mass is 16.2. The van der Waals surface area contributed by atoms with Crippen molar-refractivity contribution in [3.63, 3.8) is 0 Å². The van der Waals surface area contributed by atoms with Crippen molar-refractivity contribution in [3.05, 3.63) is 48.3 Å². The molecule has 6 rings (SSSR count). The van der Waals surface area contributed by atoms with Crippen LogP contribution in [0, 0.1) is 23.2 Å². The number of urea groups is 1. The average Bonchev–Trinajstić information content (AvgIpc) is 2.89. The van der Waals surface area contributed by atoms with Gasteiger partial charge < -0.3 is 15.5 Å². The quantitative estimate of drug-likeness (QED) is 0.680. The molecule has 4 fully saturated rings. The molecule has 1 unspecified atom stereocenters. The number of hydrogen-bond acceptors (Lipinski definition) is 7. The summed E-state index contributed by atoms with van der Waals surface area (Å²) in [5.74, 6) is 2.26. The Balaban J connectivity index is 1.06. The second-order valence-electron chi connectivity index (χ2n) is 9.56. The van der Waals surface area contributed by atoms with Crippen molar-refractivity contribution < 1.29 is 4.79 Å². The minimum atomic E-state index is -0.213. The number of amides is 2. The van der Waals surface area contributed by atoms with E-state index in [1.807, 2.05) is 18.5 Å². The van der Waals surface area contributed by atoms with Crippen molar-refractivity contribution >= 4 is 17.7 Å². The van der Waals surface area contributed by atoms with E-state index in [2.05, 4.69) is 41.4 Å². The van der Waals surface area contributed by atoms with Crippen molar-refractivity contribution in [2.45, 2.75) is 18.9 Å². The third kappa shape index (κ3) is 5.29. The Morgan fingerprint density at radius 2 is 1.94 bits per heavy atom. The van der Waals surface area contributed by atoms with Crippen LogP contribution < -0.4 is 15.5 Å². The summed E-state index contributed by atoms with van der Waals surface area (Å²) in [5, 5.41) is 14.9. The zero-order valence-electron chi connectivity index (χ0n) is 19.4. The molecule has 4 aliphatic heterocycles. The minimum absolute atomic E-state index is 0.213. The third-order valence-electron chi connectivity index (χ3n) is 7.46. The van der Waals surface area contributed by atoms with Gasteiger partial charge in [0.2, 0.25) is 5.95 Å². The van der Waals surface area contributed by atoms with E-state index in [0.717, 1.165) is 64.1 Å². The van der Waals surface area contributed by atoms with Crippen LogP contribution in [0.5, 0.6) is 0 Å². The molecular weight excluding hydrogens is 428 g/mol. The normalized spacial score (nSPS) is 26.6. The fourth-order valence-electron chi connectivity index (χ4n) is 5.64. The molecule has 1 aromatic heterocycles. The van der Waals surface area contributed by atoms with Gasteiger partial charge in [-0.2, -0.15) is 5.26 Å². The van der Waals surface area contributed by atoms with Gasteiger partial charge in [-0.1, -0.05) is 6.07 Å². The summed E-state index contributed by atoms with van der Waals surface area (Å²) in [6.07, 6.45) is 6.02. The van der Waals surface area contributed by atoms with E-state index < -0.39 is 0 Å². The van der Waals surface area contributed by atoms with Crippen LogP contribution in [0.25, 0.3) is 0 Å². The summed E-state index contributed by atoms with van der Waals surface area (Å²) < 4.78 is 0. The topological polar surface area (TPSA) is 100 Å². The van der Waals surface area contributed by atoms with Crippen molar-refractivity contribution in [1.29, 1.82) is 5.26 Å². The van der Waals surface area contributed by atoms with Gasteiger partial charge in [0, 0.05) is 69.9 Å². The van der Waals surface area contributed by atoms with Crippen molar-refractivity contribution in [2.24, 2.45) is 11.8 Å². The molecule has 1 aromatic carbocycles. The van der Waals surface area contributed by atoms with Crippen LogP contribution in [-0.4, -0.2) is 84.2 Å². The fourth-order valence-corrected chi connectivity index (χ4v) is 5.64. The predicted molar refractivity (Wildman–Crippen MR) is 130 cm³/mol. The highest BCUT2D eigenvalue weighted by Crippen LogP contribution is 2.36. The monoisotopic (exact) mass is 460 g/mol. The average molecular weight is 461 g/mol. The van der Waals surface area contributed by atoms with Gasteiger partial charge in [-0.15, -0.1) is 0 Å². The standard InChI is InChI=1S/C25H32N8O/c26-15-19-3-1-4-22(13-19)30-25(34)29-16-23-14-20-5-8-33(23)18-21(20)17-31-9-11-32(12-10-31)24-27-6-2-7-28-24/h1-4,6-7,13,20-21,23H,5,8-12,14,16-18H2,(H2,29,30,34)/t20-,21-,23+/m0/s1. The first-order chi connectivity index (χ1) is 16.7. The maximum atomic E-state index is 12.4. The van der Waals surface area contributed by atoms with E-state index in [1.54, 1.807) is 24.3 Å². The molecule has 0 saturated carbocycles. The Morgan fingerprint density at radius 1 is 1.12 bits per heavy atom. The summed E-state index contributed by atoms with van der Waals surface area (Å²) in [7, 11) is 0. The van der Waals surface area contributed by atoms with Crippen LogP contribution in [0.2, 0.25) is 0 Å². The number of carbonyl (C=O) groups excluding carboxylic acids is 1. The number of fused-ring (bicyclic) bond motifs is 3. The lowest BCUT2D eigenvalue weighted by atomic mass is 9.75. The maximum Gasteiger partial charge on any atom is 0.319 e. The number of anilines is 2. The van der Waals surface area contributed by atoms with E-state index in [1.165, 1.54) is 6.42 Å². The molecule has 4 atom stereocenters. The van der Waals surface area contributed by atoms with Crippen LogP contribution in [0.3, 0.4) is 0 Å². The Morgan fingerprint density at radius 3 is 2.68 bits per heavy atom. The summed E-state index contributed by atoms with van der Waals surface area (Å²) >= 11 is 0. The lowest BCUT2D eigenvalue weighted by Gasteiger charge is -2.51. The summed E-state index contributed by atoms with van der Waals surface area (Å²) in [4.78, 5) is 28.6. The largest absolute Gasteiger partial charge is 0.338 e. The molecule has 0 radical (unpaired) electrons. The fraction of sp³-hybridized carbons (Fsp3) is 0.520. The van der Waals surface area contributed by atoms with Crippen molar-refractivity contribution in [2.75, 3.05) is 62.6 Å². The molecule has 4 saturated heterocycles. The zero-order chi connectivity index (χ0) is 23.3. The van der Waals surface area contributed by atoms with Gasteiger partial charge in [0.25, 0.3) is 0 Å². The van der Waals surface area contributed by atoms with E-state index >= 15 is 0 Å². The molecule has 0 spiro atoms. The van der Waals surface area contributed by atoms with Gasteiger partial charge in [-0.25, -0.2) is 14.8 Å². The van der Waals surface area contributed by atoms with E-state index in [0.29, 0.717) is 29.8 Å². The third-order valence-corrected chi connectivity index (χ3v) is 7.46. The summed E-state index contributed by atoms with van der Waals surface area (Å²) in [6.45, 7) is 8.11. The number of piperidine rings is 3. The maximum absolute atomic E-state index is 12.4. The molecule has 34 heavy (non-hydrogen) atoms. The Hall–Kier alpha value is -3.22. The van der Waals surface area contributed by atoms with E-state index in [-0.39, 0.29) is 6.03 Å². The SMILES string of the molecule is N#Cc1cccc(NC(=O)NC[C@H]2C[C@@H]3CCN2C[C@@H]3CN2CCN(c3ncccn3)CC2)c1. The molecule has 9 heteroatoms. The number of rotatable bonds is 6. The Kier molecular flexibility index (Phi) is 6.88. The van der Waals surface area contributed by atoms with Crippen LogP contribution in [0.1, 0.15) is 18.4 Å². The lowest BCUT2D eigenvalue weighted by molar-refractivity contribution is -0.0114. The number of piperazine rings is 1. The van der Waals surface area contributed by atoms with Gasteiger partial charge >= 0.3 is 6.03 Å². The smallest absolute Gasteiger partial charge is 0.319 e. The van der Waals surface area contributed by atoms with Gasteiger partial charge in [0.15, 0.2) is 0 Å². The van der Waals surface area contributed by atoms with Gasteiger partial charge in [-0.3, -0.25) is 9.80 Å². The van der Waals surface area contributed by atoms with Gasteiger partial charge in [0.1, 0.15) is 0 Å². The Labute approximate surface area is 200 Å². The summed E-state index contributed by atoms with van der Waals surface area (Å²) in [5.41, 5.74) is 1.18. The molecule has 4 aliphatic rings. The number of nitrogens with one attached hydrogen (secondary N) is 2. The Bertz CT molecular complexity index is 1020. The van der Waals surface area contributed by atoms with Crippen LogP contribution in [-0.2, 0) is 0 Å². The number of nitrogens with zero attached hydrogens (tertiary/aromatic N) is 6. The van der Waals surface area contributed by atoms with Crippen LogP contribution in [0.4, 0.5) is 16.4 Å². The lowest BCUT2D eigenvalue weighted by Crippen LogP contribution is -2.59. The number of carbonyl (C=O) groups is 1. The van der Waals surface area contributed by atoms with E-state index in [9.17, 15) is 4.79 Å². The van der Waals surface area contributed by atoms with Crippen molar-refractivity contribution in [1.82, 2.24) is 25.1 Å². The molecule has 9 nitrogen and oxygen atoms in total. The molecule has 5 heterocycles. The predicted octanol–water partition coefficient (Wildman–Crippen LogP) is 2.00. The first-order valence-corrected chi connectivity index (χ1v) is 12.2. The van der Waals surface area contributed by atoms with E-state index in [4.69, 9.17) is 5.26 Å². The van der Waals surface area contributed by atoms with Crippen molar-refractivity contribution in [3.8, 4) is 6.07 Å². The number of nitriles is 1. The number of hydrogen-bond donors (Lipinski definition) is 2. The van der Waals surface area contributed by atoms with Gasteiger partial charge in [0.05, 0.1) is 11.6 Å². The second kappa shape index (κ2) is 10.4. The molecule has 2 N–H and O–H groups in total. The molecule has 2 amide bonds. The second-order valence-corrected chi connectivity index (χ2v) is 9.56. The highest BCUT2D eigenvalue weighted by Gasteiger charge is 2.40. The van der Waals surface area contributed by atoms with Crippen LogP contribution >= 0.6 is 0 Å². The number of benzene rings is 1. The number of aromatic nitrogens is 2. The minimum Gasteiger partial charge on any atom is -0.338 e. The summed E-state index contributed by atoms with van der Waals surface area (Å²) in [6, 6.07) is 11.1. The molecule has 2 bridgehead atoms. The van der Waals surface area contributed by atoms with Crippen LogP contribution in [0.15, 0.2) is 42.7 Å². The first-order valence-electron chi connectivity index (χ1n) is 12.2. The molecular formula is C25H32N8O. The molecule has 2 aromatic rings. The van der Waals surface area contributed by atoms with Gasteiger partial charge in [-0.05, 0) is 55.5 Å². The first kappa shape index (κ1) is 22.6.